The molecule has 2 heterocycles. The van der Waals surface area contributed by atoms with Crippen LogP contribution in [-0.2, 0) is 11.2 Å². The van der Waals surface area contributed by atoms with Crippen LogP contribution in [0.15, 0.2) is 10.8 Å². The first-order valence-corrected chi connectivity index (χ1v) is 7.28. The fourth-order valence-corrected chi connectivity index (χ4v) is 2.59. The molecule has 1 fully saturated rings. The molecule has 2 rings (SSSR count). The number of hydrogen-bond acceptors (Lipinski definition) is 5. The second-order valence-corrected chi connectivity index (χ2v) is 5.43. The third-order valence-electron chi connectivity index (χ3n) is 3.87. The molecule has 7 nitrogen and oxygen atoms in total. The third kappa shape index (κ3) is 4.04. The van der Waals surface area contributed by atoms with E-state index >= 15 is 0 Å². The Morgan fingerprint density at radius 3 is 2.86 bits per heavy atom. The minimum atomic E-state index is -0.542. The lowest BCUT2D eigenvalue weighted by atomic mass is 9.98. The Balaban J connectivity index is 1.56. The molecule has 1 aliphatic rings. The van der Waals surface area contributed by atoms with E-state index in [1.807, 2.05) is 0 Å². The molecule has 1 aromatic rings. The van der Waals surface area contributed by atoms with Crippen molar-refractivity contribution in [3.05, 3.63) is 17.5 Å². The molecule has 1 aromatic heterocycles. The fourth-order valence-electron chi connectivity index (χ4n) is 2.59. The van der Waals surface area contributed by atoms with Crippen molar-refractivity contribution in [3.63, 3.8) is 0 Å². The van der Waals surface area contributed by atoms with Gasteiger partial charge in [-0.2, -0.15) is 0 Å². The van der Waals surface area contributed by atoms with Gasteiger partial charge in [-0.1, -0.05) is 11.6 Å². The molecule has 3 N–H and O–H groups in total. The quantitative estimate of drug-likeness (QED) is 0.665. The molecule has 1 saturated heterocycles. The van der Waals surface area contributed by atoms with Gasteiger partial charge in [-0.05, 0) is 25.8 Å². The van der Waals surface area contributed by atoms with Gasteiger partial charge in [-0.25, -0.2) is 0 Å². The van der Waals surface area contributed by atoms with Crippen LogP contribution in [0, 0.1) is 5.92 Å². The highest BCUT2D eigenvalue weighted by molar-refractivity contribution is 5.91. The van der Waals surface area contributed by atoms with Gasteiger partial charge in [-0.15, -0.1) is 0 Å². The summed E-state index contributed by atoms with van der Waals surface area (Å²) in [4.78, 5) is 24.7. The maximum Gasteiger partial charge on any atom is 0.271 e. The predicted octanol–water partition coefficient (Wildman–Crippen LogP) is 0.164. The van der Waals surface area contributed by atoms with Crippen LogP contribution in [0.1, 0.15) is 35.3 Å². The van der Waals surface area contributed by atoms with Crippen molar-refractivity contribution < 1.29 is 14.1 Å². The van der Waals surface area contributed by atoms with Gasteiger partial charge >= 0.3 is 0 Å². The topological polar surface area (TPSA) is 101 Å². The molecule has 0 bridgehead atoms. The van der Waals surface area contributed by atoms with Crippen molar-refractivity contribution in [1.82, 2.24) is 15.4 Å². The van der Waals surface area contributed by atoms with Crippen LogP contribution in [0.25, 0.3) is 0 Å². The molecule has 116 valence electrons. The molecule has 0 unspecified atom stereocenters. The smallest absolute Gasteiger partial charge is 0.271 e. The Kier molecular flexibility index (Phi) is 5.32. The lowest BCUT2D eigenvalue weighted by molar-refractivity contribution is -0.129. The number of likely N-dealkylation sites (tertiary alicyclic amines) is 1. The van der Waals surface area contributed by atoms with Crippen LogP contribution in [0.3, 0.4) is 0 Å². The van der Waals surface area contributed by atoms with Crippen LogP contribution >= 0.6 is 0 Å². The number of aryl methyl sites for hydroxylation is 1. The summed E-state index contributed by atoms with van der Waals surface area (Å²) in [6.45, 7) is 2.73. The molecule has 2 amide bonds. The number of nitrogens with zero attached hydrogens (tertiary/aromatic N) is 2. The molecule has 0 atom stereocenters. The van der Waals surface area contributed by atoms with E-state index in [1.54, 1.807) is 7.05 Å². The maximum atomic E-state index is 11.3. The van der Waals surface area contributed by atoms with Crippen LogP contribution < -0.4 is 11.1 Å². The van der Waals surface area contributed by atoms with Crippen molar-refractivity contribution >= 4 is 11.8 Å². The van der Waals surface area contributed by atoms with Gasteiger partial charge in [0, 0.05) is 25.7 Å². The van der Waals surface area contributed by atoms with Gasteiger partial charge in [0.15, 0.2) is 5.69 Å². The Morgan fingerprint density at radius 1 is 1.43 bits per heavy atom. The zero-order chi connectivity index (χ0) is 15.2. The van der Waals surface area contributed by atoms with Crippen LogP contribution in [0.4, 0.5) is 0 Å². The van der Waals surface area contributed by atoms with Gasteiger partial charge in [0.25, 0.3) is 5.91 Å². The molecule has 0 aliphatic carbocycles. The number of amides is 2. The zero-order valence-corrected chi connectivity index (χ0v) is 12.3. The number of aromatic nitrogens is 1. The van der Waals surface area contributed by atoms with Crippen LogP contribution in [-0.4, -0.2) is 48.6 Å². The predicted molar refractivity (Wildman–Crippen MR) is 76.6 cm³/mol. The largest absolute Gasteiger partial charge is 0.364 e. The summed E-state index contributed by atoms with van der Waals surface area (Å²) in [6, 6.07) is 0. The third-order valence-corrected chi connectivity index (χ3v) is 3.87. The minimum absolute atomic E-state index is 0.137. The molecule has 0 spiro atoms. The molecule has 21 heavy (non-hydrogen) atoms. The van der Waals surface area contributed by atoms with E-state index in [2.05, 4.69) is 15.4 Å². The van der Waals surface area contributed by atoms with E-state index in [1.165, 1.54) is 6.26 Å². The minimum Gasteiger partial charge on any atom is -0.364 e. The van der Waals surface area contributed by atoms with E-state index in [-0.39, 0.29) is 17.5 Å². The molecular weight excluding hydrogens is 272 g/mol. The molecular formula is C14H22N4O3. The van der Waals surface area contributed by atoms with Gasteiger partial charge in [0.2, 0.25) is 5.91 Å². The van der Waals surface area contributed by atoms with Crippen molar-refractivity contribution in [3.8, 4) is 0 Å². The number of nitrogens with two attached hydrogens (primary N) is 1. The van der Waals surface area contributed by atoms with E-state index in [4.69, 9.17) is 10.3 Å². The summed E-state index contributed by atoms with van der Waals surface area (Å²) in [7, 11) is 1.68. The van der Waals surface area contributed by atoms with Gasteiger partial charge in [0.05, 0.1) is 5.92 Å². The molecule has 0 saturated carbocycles. The lowest BCUT2D eigenvalue weighted by Crippen LogP contribution is -2.53. The normalized spacial score (nSPS) is 15.7. The number of hydrogen-bond donors (Lipinski definition) is 2. The molecule has 0 aromatic carbocycles. The highest BCUT2D eigenvalue weighted by atomic mass is 16.5. The van der Waals surface area contributed by atoms with E-state index in [0.717, 1.165) is 50.9 Å². The second-order valence-electron chi connectivity index (χ2n) is 5.43. The first-order chi connectivity index (χ1) is 10.1. The highest BCUT2D eigenvalue weighted by Gasteiger charge is 2.31. The van der Waals surface area contributed by atoms with Gasteiger partial charge in [0.1, 0.15) is 6.26 Å². The number of nitrogens with one attached hydrogen (secondary N) is 1. The Morgan fingerprint density at radius 2 is 2.19 bits per heavy atom. The zero-order valence-electron chi connectivity index (χ0n) is 12.3. The van der Waals surface area contributed by atoms with E-state index in [9.17, 15) is 9.59 Å². The van der Waals surface area contributed by atoms with Crippen LogP contribution in [0.5, 0.6) is 0 Å². The summed E-state index contributed by atoms with van der Waals surface area (Å²) in [5.41, 5.74) is 6.23. The monoisotopic (exact) mass is 294 g/mol. The fraction of sp³-hybridized carbons (Fsp3) is 0.643. The first-order valence-electron chi connectivity index (χ1n) is 7.28. The Bertz CT molecular complexity index is 494. The lowest BCUT2D eigenvalue weighted by Gasteiger charge is -2.37. The number of carbonyl (C=O) groups is 2. The molecule has 7 heteroatoms. The van der Waals surface area contributed by atoms with Crippen molar-refractivity contribution in [2.24, 2.45) is 11.7 Å². The van der Waals surface area contributed by atoms with Crippen molar-refractivity contribution in [2.75, 3.05) is 26.7 Å². The van der Waals surface area contributed by atoms with E-state index < -0.39 is 5.91 Å². The summed E-state index contributed by atoms with van der Waals surface area (Å²) in [5, 5.41) is 6.28. The van der Waals surface area contributed by atoms with Crippen LogP contribution in [0.2, 0.25) is 0 Å². The SMILES string of the molecule is CNC(=O)C1CN(CCCCCc2conc2C(N)=O)C1. The van der Waals surface area contributed by atoms with Gasteiger partial charge < -0.3 is 20.5 Å². The first kappa shape index (κ1) is 15.5. The summed E-state index contributed by atoms with van der Waals surface area (Å²) < 4.78 is 4.78. The highest BCUT2D eigenvalue weighted by Crippen LogP contribution is 2.17. The summed E-state index contributed by atoms with van der Waals surface area (Å²) in [6.07, 6.45) is 5.35. The number of rotatable bonds is 8. The van der Waals surface area contributed by atoms with Crippen molar-refractivity contribution in [1.29, 1.82) is 0 Å². The average Bonchev–Trinajstić information content (AvgIpc) is 2.88. The Labute approximate surface area is 123 Å². The number of carbonyl (C=O) groups excluding carboxylic acids is 2. The molecule has 1 aliphatic heterocycles. The second kappa shape index (κ2) is 7.21. The Hall–Kier alpha value is -1.89. The van der Waals surface area contributed by atoms with Crippen molar-refractivity contribution in [2.45, 2.75) is 25.7 Å². The maximum absolute atomic E-state index is 11.3. The van der Waals surface area contributed by atoms with Gasteiger partial charge in [-0.3, -0.25) is 9.59 Å². The standard InChI is InChI=1S/C14H22N4O3/c1-16-14(20)11-7-18(8-11)6-4-2-3-5-10-9-21-17-12(10)13(15)19/h9,11H,2-8H2,1H3,(H2,15,19)(H,16,20). The average molecular weight is 294 g/mol. The summed E-state index contributed by atoms with van der Waals surface area (Å²) >= 11 is 0. The number of unbranched alkanes of at least 4 members (excludes halogenated alkanes) is 2. The molecule has 0 radical (unpaired) electrons. The summed E-state index contributed by atoms with van der Waals surface area (Å²) in [5.74, 6) is -0.248. The van der Waals surface area contributed by atoms with E-state index in [0.29, 0.717) is 0 Å². The number of primary amides is 1.